The number of amides is 1. The fraction of sp³-hybridized carbons (Fsp3) is 0.529. The van der Waals surface area contributed by atoms with Crippen molar-refractivity contribution < 1.29 is 14.3 Å². The van der Waals surface area contributed by atoms with Crippen LogP contribution >= 0.6 is 0 Å². The third-order valence-electron chi connectivity index (χ3n) is 3.06. The van der Waals surface area contributed by atoms with Crippen molar-refractivity contribution in [1.29, 1.82) is 0 Å². The summed E-state index contributed by atoms with van der Waals surface area (Å²) >= 11 is 0. The van der Waals surface area contributed by atoms with Crippen molar-refractivity contribution >= 4 is 11.7 Å². The zero-order chi connectivity index (χ0) is 15.8. The predicted octanol–water partition coefficient (Wildman–Crippen LogP) is 2.75. The van der Waals surface area contributed by atoms with Crippen molar-refractivity contribution in [3.8, 4) is 5.75 Å². The van der Waals surface area contributed by atoms with Crippen LogP contribution in [0.15, 0.2) is 24.3 Å². The molecule has 1 aromatic carbocycles. The first-order valence-corrected chi connectivity index (χ1v) is 7.41. The molecule has 0 bridgehead atoms. The maximum atomic E-state index is 11.8. The van der Waals surface area contributed by atoms with Crippen LogP contribution in [0.1, 0.15) is 39.7 Å². The number of rotatable bonds is 8. The molecule has 0 aliphatic heterocycles. The SMILES string of the molecule is CC(=O)CCc1ccc(OC(C)C(=O)NCC(C)C)cc1. The van der Waals surface area contributed by atoms with Crippen molar-refractivity contribution in [2.75, 3.05) is 6.54 Å². The van der Waals surface area contributed by atoms with Gasteiger partial charge in [-0.25, -0.2) is 0 Å². The van der Waals surface area contributed by atoms with E-state index in [4.69, 9.17) is 4.74 Å². The number of hydrogen-bond donors (Lipinski definition) is 1. The van der Waals surface area contributed by atoms with Crippen LogP contribution in [0.2, 0.25) is 0 Å². The molecule has 1 amide bonds. The smallest absolute Gasteiger partial charge is 0.260 e. The van der Waals surface area contributed by atoms with Gasteiger partial charge in [-0.05, 0) is 43.9 Å². The van der Waals surface area contributed by atoms with Gasteiger partial charge >= 0.3 is 0 Å². The summed E-state index contributed by atoms with van der Waals surface area (Å²) in [6, 6.07) is 7.53. The Hall–Kier alpha value is -1.84. The summed E-state index contributed by atoms with van der Waals surface area (Å²) in [5, 5.41) is 2.84. The number of nitrogens with one attached hydrogen (secondary N) is 1. The predicted molar refractivity (Wildman–Crippen MR) is 83.4 cm³/mol. The van der Waals surface area contributed by atoms with Crippen molar-refractivity contribution in [1.82, 2.24) is 5.32 Å². The Morgan fingerprint density at radius 3 is 2.29 bits per heavy atom. The summed E-state index contributed by atoms with van der Waals surface area (Å²) < 4.78 is 5.61. The quantitative estimate of drug-likeness (QED) is 0.801. The van der Waals surface area contributed by atoms with Crippen LogP contribution in [-0.4, -0.2) is 24.3 Å². The maximum Gasteiger partial charge on any atom is 0.260 e. The Bertz CT molecular complexity index is 465. The molecule has 1 rings (SSSR count). The first-order valence-electron chi connectivity index (χ1n) is 7.41. The molecule has 0 aliphatic carbocycles. The second-order valence-electron chi connectivity index (χ2n) is 5.75. The molecule has 4 nitrogen and oxygen atoms in total. The van der Waals surface area contributed by atoms with Crippen molar-refractivity contribution in [2.24, 2.45) is 5.92 Å². The van der Waals surface area contributed by atoms with Gasteiger partial charge in [-0.2, -0.15) is 0 Å². The Labute approximate surface area is 126 Å². The summed E-state index contributed by atoms with van der Waals surface area (Å²) in [5.41, 5.74) is 1.09. The molecule has 0 aromatic heterocycles. The Balaban J connectivity index is 2.47. The highest BCUT2D eigenvalue weighted by molar-refractivity contribution is 5.80. The van der Waals surface area contributed by atoms with Crippen molar-refractivity contribution in [2.45, 2.75) is 46.6 Å². The minimum absolute atomic E-state index is 0.107. The van der Waals surface area contributed by atoms with E-state index in [0.29, 0.717) is 24.6 Å². The number of ether oxygens (including phenoxy) is 1. The molecule has 21 heavy (non-hydrogen) atoms. The van der Waals surface area contributed by atoms with Gasteiger partial charge in [0, 0.05) is 13.0 Å². The summed E-state index contributed by atoms with van der Waals surface area (Å²) in [4.78, 5) is 22.8. The molecule has 0 radical (unpaired) electrons. The van der Waals surface area contributed by atoms with Gasteiger partial charge < -0.3 is 14.8 Å². The van der Waals surface area contributed by atoms with Gasteiger partial charge in [-0.15, -0.1) is 0 Å². The minimum atomic E-state index is -0.521. The molecule has 1 N–H and O–H groups in total. The monoisotopic (exact) mass is 291 g/mol. The third-order valence-corrected chi connectivity index (χ3v) is 3.06. The van der Waals surface area contributed by atoms with E-state index in [2.05, 4.69) is 5.32 Å². The van der Waals surface area contributed by atoms with Gasteiger partial charge in [-0.3, -0.25) is 4.79 Å². The van der Waals surface area contributed by atoms with Gasteiger partial charge in [-0.1, -0.05) is 26.0 Å². The van der Waals surface area contributed by atoms with Crippen LogP contribution in [0.3, 0.4) is 0 Å². The van der Waals surface area contributed by atoms with Crippen LogP contribution in [0, 0.1) is 5.92 Å². The normalized spacial score (nSPS) is 12.0. The molecular weight excluding hydrogens is 266 g/mol. The standard InChI is InChI=1S/C17H25NO3/c1-12(2)11-18-17(20)14(4)21-16-9-7-15(8-10-16)6-5-13(3)19/h7-10,12,14H,5-6,11H2,1-4H3,(H,18,20). The molecule has 0 fully saturated rings. The van der Waals surface area contributed by atoms with Crippen LogP contribution in [0.4, 0.5) is 0 Å². The van der Waals surface area contributed by atoms with E-state index in [1.165, 1.54) is 0 Å². The lowest BCUT2D eigenvalue weighted by molar-refractivity contribution is -0.127. The average molecular weight is 291 g/mol. The van der Waals surface area contributed by atoms with Gasteiger partial charge in [0.15, 0.2) is 6.10 Å². The van der Waals surface area contributed by atoms with E-state index in [1.54, 1.807) is 13.8 Å². The summed E-state index contributed by atoms with van der Waals surface area (Å²) in [6.45, 7) is 8.07. The zero-order valence-corrected chi connectivity index (χ0v) is 13.3. The van der Waals surface area contributed by atoms with Crippen molar-refractivity contribution in [3.63, 3.8) is 0 Å². The molecule has 0 spiro atoms. The Morgan fingerprint density at radius 2 is 1.76 bits per heavy atom. The largest absolute Gasteiger partial charge is 0.481 e. The van der Waals surface area contributed by atoms with E-state index in [1.807, 2.05) is 38.1 Å². The Kier molecular flexibility index (Phi) is 6.92. The summed E-state index contributed by atoms with van der Waals surface area (Å²) in [7, 11) is 0. The number of benzene rings is 1. The van der Waals surface area contributed by atoms with Crippen LogP contribution in [0.5, 0.6) is 5.75 Å². The lowest BCUT2D eigenvalue weighted by Gasteiger charge is -2.16. The molecule has 116 valence electrons. The molecule has 1 unspecified atom stereocenters. The number of carbonyl (C=O) groups is 2. The molecule has 4 heteroatoms. The number of aryl methyl sites for hydroxylation is 1. The Morgan fingerprint density at radius 1 is 1.14 bits per heavy atom. The summed E-state index contributed by atoms with van der Waals surface area (Å²) in [6.07, 6.45) is 0.765. The highest BCUT2D eigenvalue weighted by atomic mass is 16.5. The third kappa shape index (κ3) is 6.93. The number of hydrogen-bond acceptors (Lipinski definition) is 3. The molecule has 0 heterocycles. The van der Waals surface area contributed by atoms with E-state index in [-0.39, 0.29) is 11.7 Å². The van der Waals surface area contributed by atoms with E-state index < -0.39 is 6.10 Å². The number of Topliss-reactive ketones (excluding diaryl/α,β-unsaturated/α-hetero) is 1. The second-order valence-corrected chi connectivity index (χ2v) is 5.75. The molecule has 1 aromatic rings. The van der Waals surface area contributed by atoms with Gasteiger partial charge in [0.05, 0.1) is 0 Å². The van der Waals surface area contributed by atoms with Gasteiger partial charge in [0.1, 0.15) is 11.5 Å². The van der Waals surface area contributed by atoms with Gasteiger partial charge in [0.25, 0.3) is 5.91 Å². The first-order chi connectivity index (χ1) is 9.88. The van der Waals surface area contributed by atoms with Crippen molar-refractivity contribution in [3.05, 3.63) is 29.8 Å². The molecule has 0 aliphatic rings. The van der Waals surface area contributed by atoms with E-state index in [9.17, 15) is 9.59 Å². The van der Waals surface area contributed by atoms with E-state index in [0.717, 1.165) is 12.0 Å². The summed E-state index contributed by atoms with van der Waals surface area (Å²) in [5.74, 6) is 1.16. The molecular formula is C17H25NO3. The average Bonchev–Trinajstić information content (AvgIpc) is 2.43. The number of ketones is 1. The fourth-order valence-corrected chi connectivity index (χ4v) is 1.76. The maximum absolute atomic E-state index is 11.8. The number of carbonyl (C=O) groups excluding carboxylic acids is 2. The second kappa shape index (κ2) is 8.45. The van der Waals surface area contributed by atoms with E-state index >= 15 is 0 Å². The molecule has 0 saturated carbocycles. The van der Waals surface area contributed by atoms with Crippen LogP contribution in [-0.2, 0) is 16.0 Å². The fourth-order valence-electron chi connectivity index (χ4n) is 1.76. The lowest BCUT2D eigenvalue weighted by Crippen LogP contribution is -2.38. The molecule has 1 atom stereocenters. The lowest BCUT2D eigenvalue weighted by atomic mass is 10.1. The van der Waals surface area contributed by atoms with Crippen LogP contribution < -0.4 is 10.1 Å². The highest BCUT2D eigenvalue weighted by Gasteiger charge is 2.14. The topological polar surface area (TPSA) is 55.4 Å². The zero-order valence-electron chi connectivity index (χ0n) is 13.3. The molecule has 0 saturated heterocycles. The van der Waals surface area contributed by atoms with Crippen LogP contribution in [0.25, 0.3) is 0 Å². The first kappa shape index (κ1) is 17.2. The van der Waals surface area contributed by atoms with Gasteiger partial charge in [0.2, 0.25) is 0 Å². The highest BCUT2D eigenvalue weighted by Crippen LogP contribution is 2.15. The minimum Gasteiger partial charge on any atom is -0.481 e.